The third kappa shape index (κ3) is 7.07. The van der Waals surface area contributed by atoms with Gasteiger partial charge in [0.25, 0.3) is 5.91 Å². The van der Waals surface area contributed by atoms with Crippen LogP contribution in [-0.2, 0) is 14.3 Å². The number of methoxy groups -OCH3 is 1. The normalized spacial score (nSPS) is 15.9. The van der Waals surface area contributed by atoms with Crippen LogP contribution in [-0.4, -0.2) is 49.1 Å². The lowest BCUT2D eigenvalue weighted by molar-refractivity contribution is -0.134. The zero-order valence-corrected chi connectivity index (χ0v) is 24.1. The number of urea groups is 1. The van der Waals surface area contributed by atoms with Crippen LogP contribution >= 0.6 is 0 Å². The molecule has 1 aliphatic rings. The molecule has 8 heteroatoms. The molecule has 1 aliphatic heterocycles. The average molecular weight is 546 g/mol. The van der Waals surface area contributed by atoms with Crippen molar-refractivity contribution in [1.29, 1.82) is 0 Å². The number of rotatable bonds is 10. The van der Waals surface area contributed by atoms with Crippen LogP contribution < -0.4 is 15.4 Å². The average Bonchev–Trinajstić information content (AvgIpc) is 3.26. The molecule has 0 bridgehead atoms. The first-order chi connectivity index (χ1) is 19.3. The lowest BCUT2D eigenvalue weighted by Crippen LogP contribution is -2.50. The van der Waals surface area contributed by atoms with Crippen LogP contribution in [0.5, 0.6) is 5.75 Å². The second-order valence-corrected chi connectivity index (χ2v) is 9.45. The van der Waals surface area contributed by atoms with Crippen molar-refractivity contribution in [2.75, 3.05) is 25.6 Å². The van der Waals surface area contributed by atoms with Gasteiger partial charge in [0.15, 0.2) is 0 Å². The second kappa shape index (κ2) is 14.3. The summed E-state index contributed by atoms with van der Waals surface area (Å²) in [4.78, 5) is 41.7. The monoisotopic (exact) mass is 545 g/mol. The smallest absolute Gasteiger partial charge is 0.325 e. The van der Waals surface area contributed by atoms with Crippen LogP contribution in [0, 0.1) is 13.8 Å². The Balaban J connectivity index is 0.00000216. The molecule has 1 heterocycles. The minimum Gasteiger partial charge on any atom is -0.491 e. The summed E-state index contributed by atoms with van der Waals surface area (Å²) in [5.74, 6) is -0.735. The number of aryl methyl sites for hydroxylation is 2. The molecule has 3 aromatic carbocycles. The first kappa shape index (κ1) is 30.4. The fraction of sp³-hybridized carbons (Fsp3) is 0.344. The molecule has 40 heavy (non-hydrogen) atoms. The Morgan fingerprint density at radius 3 is 2.27 bits per heavy atom. The van der Waals surface area contributed by atoms with E-state index in [2.05, 4.69) is 10.6 Å². The van der Waals surface area contributed by atoms with E-state index >= 15 is 0 Å². The van der Waals surface area contributed by atoms with Crippen molar-refractivity contribution in [2.24, 2.45) is 0 Å². The highest BCUT2D eigenvalue weighted by Crippen LogP contribution is 2.32. The van der Waals surface area contributed by atoms with Crippen LogP contribution in [0.3, 0.4) is 0 Å². The Morgan fingerprint density at radius 2 is 1.65 bits per heavy atom. The number of carbonyl (C=O) groups excluding carboxylic acids is 3. The Morgan fingerprint density at radius 1 is 0.975 bits per heavy atom. The minimum atomic E-state index is -1.06. The van der Waals surface area contributed by atoms with Gasteiger partial charge < -0.3 is 20.1 Å². The summed E-state index contributed by atoms with van der Waals surface area (Å²) in [6.07, 6.45) is 0. The van der Waals surface area contributed by atoms with Gasteiger partial charge in [-0.1, -0.05) is 80.9 Å². The fourth-order valence-electron chi connectivity index (χ4n) is 4.65. The molecule has 4 rings (SSSR count). The third-order valence-electron chi connectivity index (χ3n) is 6.73. The van der Waals surface area contributed by atoms with Gasteiger partial charge in [-0.15, -0.1) is 0 Å². The molecule has 1 saturated heterocycles. The Hall–Kier alpha value is -4.17. The predicted molar refractivity (Wildman–Crippen MR) is 156 cm³/mol. The summed E-state index contributed by atoms with van der Waals surface area (Å²) in [5, 5.41) is 5.72. The maximum absolute atomic E-state index is 13.7. The Bertz CT molecular complexity index is 1290. The molecule has 4 amide bonds. The summed E-state index contributed by atoms with van der Waals surface area (Å²) in [6, 6.07) is 19.5. The van der Waals surface area contributed by atoms with E-state index in [0.717, 1.165) is 21.6 Å². The van der Waals surface area contributed by atoms with Gasteiger partial charge in [0.2, 0.25) is 5.91 Å². The van der Waals surface area contributed by atoms with Gasteiger partial charge in [-0.3, -0.25) is 9.59 Å². The van der Waals surface area contributed by atoms with Gasteiger partial charge in [0.05, 0.1) is 6.61 Å². The van der Waals surface area contributed by atoms with E-state index in [9.17, 15) is 14.4 Å². The number of carbonyl (C=O) groups is 3. The van der Waals surface area contributed by atoms with E-state index < -0.39 is 35.8 Å². The van der Waals surface area contributed by atoms with Crippen molar-refractivity contribution in [3.05, 3.63) is 95.1 Å². The van der Waals surface area contributed by atoms with Crippen molar-refractivity contribution in [2.45, 2.75) is 52.6 Å². The molecular weight excluding hydrogens is 506 g/mol. The molecule has 212 valence electrons. The van der Waals surface area contributed by atoms with Gasteiger partial charge in [-0.2, -0.15) is 0 Å². The largest absolute Gasteiger partial charge is 0.491 e. The third-order valence-corrected chi connectivity index (χ3v) is 6.73. The maximum atomic E-state index is 13.7. The lowest BCUT2D eigenvalue weighted by atomic mass is 9.91. The minimum absolute atomic E-state index is 0.400. The number of amides is 4. The predicted octanol–water partition coefficient (Wildman–Crippen LogP) is 5.76. The van der Waals surface area contributed by atoms with Crippen LogP contribution in [0.4, 0.5) is 10.5 Å². The number of anilines is 1. The Labute approximate surface area is 236 Å². The first-order valence-electron chi connectivity index (χ1n) is 13.6. The Kier molecular flexibility index (Phi) is 10.8. The summed E-state index contributed by atoms with van der Waals surface area (Å²) < 4.78 is 10.6. The summed E-state index contributed by atoms with van der Waals surface area (Å²) in [7, 11) is 1.60. The molecule has 2 N–H and O–H groups in total. The summed E-state index contributed by atoms with van der Waals surface area (Å²) in [6.45, 7) is 10.6. The number of nitrogens with one attached hydrogen (secondary N) is 2. The van der Waals surface area contributed by atoms with E-state index in [4.69, 9.17) is 9.47 Å². The van der Waals surface area contributed by atoms with Gasteiger partial charge in [0, 0.05) is 18.7 Å². The van der Waals surface area contributed by atoms with Crippen molar-refractivity contribution in [3.63, 3.8) is 0 Å². The standard InChI is InChI=1S/C30H33N3O5.C2H6/c1-19-10-15-25(20(2)18-19)31-28(34)27(21(3)22-8-6-5-7-9-22)33-29(35)26(32-30(33)36)23-11-13-24(14-12-23)38-17-16-37-4;1-2/h5-15,18,21,26-27H,16-17H2,1-4H3,(H,31,34)(H,32,36);1-2H3/t21?,26-,27?;/m1./s1. The molecule has 0 aliphatic carbocycles. The highest BCUT2D eigenvalue weighted by atomic mass is 16.5. The molecule has 0 radical (unpaired) electrons. The highest BCUT2D eigenvalue weighted by molar-refractivity contribution is 6.10. The van der Waals surface area contributed by atoms with Crippen LogP contribution in [0.1, 0.15) is 55.0 Å². The first-order valence-corrected chi connectivity index (χ1v) is 13.6. The SMILES string of the molecule is CC.COCCOc1ccc([C@H]2NC(=O)N(C(C(=O)Nc3ccc(C)cc3C)C(C)c3ccccc3)C2=O)cc1. The zero-order chi connectivity index (χ0) is 29.2. The molecule has 3 atom stereocenters. The van der Waals surface area contributed by atoms with Crippen LogP contribution in [0.25, 0.3) is 0 Å². The second-order valence-electron chi connectivity index (χ2n) is 9.45. The number of nitrogens with zero attached hydrogens (tertiary/aromatic N) is 1. The number of benzene rings is 3. The van der Waals surface area contributed by atoms with Crippen molar-refractivity contribution < 1.29 is 23.9 Å². The maximum Gasteiger partial charge on any atom is 0.325 e. The van der Waals surface area contributed by atoms with E-state index in [1.54, 1.807) is 31.4 Å². The van der Waals surface area contributed by atoms with E-state index in [1.165, 1.54) is 0 Å². The van der Waals surface area contributed by atoms with Crippen molar-refractivity contribution in [1.82, 2.24) is 10.2 Å². The summed E-state index contributed by atoms with van der Waals surface area (Å²) in [5.41, 5.74) is 4.05. The number of imide groups is 1. The molecule has 8 nitrogen and oxygen atoms in total. The van der Waals surface area contributed by atoms with E-state index in [-0.39, 0.29) is 0 Å². The number of ether oxygens (including phenoxy) is 2. The lowest BCUT2D eigenvalue weighted by Gasteiger charge is -2.30. The molecule has 2 unspecified atom stereocenters. The number of hydrogen-bond donors (Lipinski definition) is 2. The van der Waals surface area contributed by atoms with Crippen molar-refractivity contribution >= 4 is 23.5 Å². The van der Waals surface area contributed by atoms with E-state index in [1.807, 2.05) is 83.1 Å². The number of hydrogen-bond acceptors (Lipinski definition) is 5. The topological polar surface area (TPSA) is 97.0 Å². The quantitative estimate of drug-likeness (QED) is 0.249. The molecule has 1 fully saturated rings. The fourth-order valence-corrected chi connectivity index (χ4v) is 4.65. The molecule has 0 spiro atoms. The van der Waals surface area contributed by atoms with Gasteiger partial charge >= 0.3 is 6.03 Å². The molecule has 0 aromatic heterocycles. The summed E-state index contributed by atoms with van der Waals surface area (Å²) >= 11 is 0. The van der Waals surface area contributed by atoms with Gasteiger partial charge in [-0.05, 0) is 48.7 Å². The zero-order valence-electron chi connectivity index (χ0n) is 24.1. The van der Waals surface area contributed by atoms with Crippen molar-refractivity contribution in [3.8, 4) is 5.75 Å². The highest BCUT2D eigenvalue weighted by Gasteiger charge is 2.47. The molecular formula is C32H39N3O5. The molecule has 0 saturated carbocycles. The van der Waals surface area contributed by atoms with Gasteiger partial charge in [0.1, 0.15) is 24.4 Å². The van der Waals surface area contributed by atoms with E-state index in [0.29, 0.717) is 30.2 Å². The van der Waals surface area contributed by atoms with Crippen LogP contribution in [0.2, 0.25) is 0 Å². The van der Waals surface area contributed by atoms with Crippen LogP contribution in [0.15, 0.2) is 72.8 Å². The molecule has 3 aromatic rings. The van der Waals surface area contributed by atoms with Gasteiger partial charge in [-0.25, -0.2) is 9.69 Å².